The molecular weight excluding hydrogens is 422 g/mol. The summed E-state index contributed by atoms with van der Waals surface area (Å²) in [4.78, 5) is 19.0. The maximum Gasteiger partial charge on any atom is 0.253 e. The van der Waals surface area contributed by atoms with E-state index in [1.165, 1.54) is 24.3 Å². The number of amides is 1. The number of rotatable bonds is 7. The summed E-state index contributed by atoms with van der Waals surface area (Å²) in [6.45, 7) is 1.32. The highest BCUT2D eigenvalue weighted by molar-refractivity contribution is 7.89. The zero-order valence-corrected chi connectivity index (χ0v) is 18.2. The third kappa shape index (κ3) is 4.70. The summed E-state index contributed by atoms with van der Waals surface area (Å²) in [7, 11) is -1.93. The predicted molar refractivity (Wildman–Crippen MR) is 116 cm³/mol. The van der Waals surface area contributed by atoms with E-state index < -0.39 is 10.0 Å². The molecule has 30 heavy (non-hydrogen) atoms. The third-order valence-corrected chi connectivity index (χ3v) is 7.45. The molecule has 1 N–H and O–H groups in total. The van der Waals surface area contributed by atoms with Gasteiger partial charge < -0.3 is 9.64 Å². The van der Waals surface area contributed by atoms with Gasteiger partial charge >= 0.3 is 0 Å². The van der Waals surface area contributed by atoms with Crippen LogP contribution in [0, 0.1) is 0 Å². The van der Waals surface area contributed by atoms with E-state index in [0.29, 0.717) is 18.7 Å². The molecule has 3 aromatic rings. The molecule has 4 rings (SSSR count). The average molecular weight is 446 g/mol. The van der Waals surface area contributed by atoms with Gasteiger partial charge in [-0.25, -0.2) is 18.1 Å². The number of nitrogens with zero attached hydrogens (tertiary/aromatic N) is 2. The van der Waals surface area contributed by atoms with Crippen molar-refractivity contribution in [2.24, 2.45) is 0 Å². The van der Waals surface area contributed by atoms with Crippen LogP contribution in [0.1, 0.15) is 28.2 Å². The van der Waals surface area contributed by atoms with Gasteiger partial charge in [0.05, 0.1) is 27.8 Å². The van der Waals surface area contributed by atoms with Crippen molar-refractivity contribution in [2.45, 2.75) is 30.4 Å². The lowest BCUT2D eigenvalue weighted by Gasteiger charge is -2.16. The summed E-state index contributed by atoms with van der Waals surface area (Å²) in [5, 5.41) is 0.851. The number of aromatic nitrogens is 1. The van der Waals surface area contributed by atoms with E-state index >= 15 is 0 Å². The lowest BCUT2D eigenvalue weighted by molar-refractivity contribution is 0.0785. The number of benzene rings is 2. The van der Waals surface area contributed by atoms with E-state index in [-0.39, 0.29) is 23.5 Å². The number of para-hydroxylation sites is 1. The summed E-state index contributed by atoms with van der Waals surface area (Å²) in [5.74, 6) is -0.189. The van der Waals surface area contributed by atoms with Crippen molar-refractivity contribution < 1.29 is 17.9 Å². The highest BCUT2D eigenvalue weighted by Gasteiger charge is 2.21. The van der Waals surface area contributed by atoms with Crippen molar-refractivity contribution >= 4 is 37.5 Å². The normalized spacial score (nSPS) is 16.8. The molecule has 0 spiro atoms. The van der Waals surface area contributed by atoms with Gasteiger partial charge in [0, 0.05) is 25.8 Å². The van der Waals surface area contributed by atoms with E-state index in [9.17, 15) is 13.2 Å². The number of ether oxygens (including phenoxy) is 1. The first kappa shape index (κ1) is 20.9. The summed E-state index contributed by atoms with van der Waals surface area (Å²) in [6, 6.07) is 13.8. The Morgan fingerprint density at radius 3 is 2.70 bits per heavy atom. The van der Waals surface area contributed by atoms with Crippen LogP contribution < -0.4 is 4.72 Å². The zero-order valence-electron chi connectivity index (χ0n) is 16.6. The van der Waals surface area contributed by atoms with Gasteiger partial charge in [0.25, 0.3) is 5.91 Å². The Morgan fingerprint density at radius 2 is 2.00 bits per heavy atom. The summed E-state index contributed by atoms with van der Waals surface area (Å²) in [5.41, 5.74) is 1.35. The molecule has 1 aliphatic rings. The fraction of sp³-hybridized carbons (Fsp3) is 0.333. The molecule has 2 heterocycles. The largest absolute Gasteiger partial charge is 0.377 e. The minimum atomic E-state index is -3.64. The van der Waals surface area contributed by atoms with E-state index in [1.54, 1.807) is 23.3 Å². The number of carbonyl (C=O) groups is 1. The second kappa shape index (κ2) is 8.81. The minimum Gasteiger partial charge on any atom is -0.377 e. The second-order valence-corrected chi connectivity index (χ2v) is 10.1. The van der Waals surface area contributed by atoms with Crippen molar-refractivity contribution in [3.8, 4) is 0 Å². The number of fused-ring (bicyclic) bond motifs is 1. The Labute approximate surface area is 179 Å². The molecule has 1 aliphatic heterocycles. The lowest BCUT2D eigenvalue weighted by Crippen LogP contribution is -2.32. The Hall–Kier alpha value is -2.33. The first-order valence-electron chi connectivity index (χ1n) is 9.73. The van der Waals surface area contributed by atoms with Gasteiger partial charge in [-0.3, -0.25) is 4.79 Å². The molecule has 0 saturated carbocycles. The maximum atomic E-state index is 12.7. The smallest absolute Gasteiger partial charge is 0.253 e. The van der Waals surface area contributed by atoms with Crippen LogP contribution in [0.2, 0.25) is 0 Å². The molecule has 1 fully saturated rings. The summed E-state index contributed by atoms with van der Waals surface area (Å²) in [6.07, 6.45) is 1.74. The molecule has 1 amide bonds. The zero-order chi connectivity index (χ0) is 21.1. The highest BCUT2D eigenvalue weighted by Crippen LogP contribution is 2.23. The Morgan fingerprint density at radius 1 is 1.23 bits per heavy atom. The van der Waals surface area contributed by atoms with Crippen molar-refractivity contribution in [1.29, 1.82) is 0 Å². The molecule has 0 unspecified atom stereocenters. The number of hydrogen-bond acceptors (Lipinski definition) is 6. The predicted octanol–water partition coefficient (Wildman–Crippen LogP) is 3.03. The fourth-order valence-electron chi connectivity index (χ4n) is 3.35. The Balaban J connectivity index is 1.40. The molecule has 0 bridgehead atoms. The highest BCUT2D eigenvalue weighted by atomic mass is 32.2. The first-order valence-corrected chi connectivity index (χ1v) is 12.0. The number of thiazole rings is 1. The number of hydrogen-bond donors (Lipinski definition) is 1. The fourth-order valence-corrected chi connectivity index (χ4v) is 5.44. The first-order chi connectivity index (χ1) is 14.4. The monoisotopic (exact) mass is 445 g/mol. The van der Waals surface area contributed by atoms with Gasteiger partial charge in [0.2, 0.25) is 10.0 Å². The van der Waals surface area contributed by atoms with Crippen molar-refractivity contribution in [3.63, 3.8) is 0 Å². The van der Waals surface area contributed by atoms with Crippen LogP contribution >= 0.6 is 11.3 Å². The SMILES string of the molecule is CN(Cc1nc2ccccc2s1)C(=O)c1ccc(S(=O)(=O)NC[C@H]2CCCO2)cc1. The van der Waals surface area contributed by atoms with Crippen molar-refractivity contribution in [3.05, 3.63) is 59.1 Å². The van der Waals surface area contributed by atoms with Gasteiger partial charge in [-0.1, -0.05) is 12.1 Å². The number of nitrogens with one attached hydrogen (secondary N) is 1. The standard InChI is InChI=1S/C21H23N3O4S2/c1-24(14-20-23-18-6-2-3-7-19(18)29-20)21(25)15-8-10-17(11-9-15)30(26,27)22-13-16-5-4-12-28-16/h2-3,6-11,16,22H,4-5,12-14H2,1H3/t16-/m1/s1. The van der Waals surface area contributed by atoms with E-state index in [0.717, 1.165) is 28.1 Å². The molecule has 2 aromatic carbocycles. The second-order valence-electron chi connectivity index (χ2n) is 7.25. The Bertz CT molecular complexity index is 1100. The maximum absolute atomic E-state index is 12.7. The van der Waals surface area contributed by atoms with Gasteiger partial charge in [-0.05, 0) is 49.2 Å². The van der Waals surface area contributed by atoms with Gasteiger partial charge in [0.1, 0.15) is 5.01 Å². The molecule has 0 aliphatic carbocycles. The molecule has 1 atom stereocenters. The molecule has 9 heteroatoms. The Kier molecular flexibility index (Phi) is 6.14. The van der Waals surface area contributed by atoms with Crippen LogP contribution in [0.4, 0.5) is 0 Å². The molecule has 1 aromatic heterocycles. The van der Waals surface area contributed by atoms with E-state index in [2.05, 4.69) is 9.71 Å². The van der Waals surface area contributed by atoms with Crippen molar-refractivity contribution in [1.82, 2.24) is 14.6 Å². The van der Waals surface area contributed by atoms with Crippen LogP contribution in [0.25, 0.3) is 10.2 Å². The summed E-state index contributed by atoms with van der Waals surface area (Å²) < 4.78 is 34.0. The van der Waals surface area contributed by atoms with Crippen LogP contribution in [0.5, 0.6) is 0 Å². The van der Waals surface area contributed by atoms with Crippen LogP contribution in [-0.2, 0) is 21.3 Å². The molecule has 158 valence electrons. The van der Waals surface area contributed by atoms with Crippen LogP contribution in [0.15, 0.2) is 53.4 Å². The van der Waals surface area contributed by atoms with Crippen LogP contribution in [-0.4, -0.2) is 50.5 Å². The average Bonchev–Trinajstić information content (AvgIpc) is 3.41. The molecule has 0 radical (unpaired) electrons. The van der Waals surface area contributed by atoms with E-state index in [4.69, 9.17) is 4.74 Å². The van der Waals surface area contributed by atoms with Gasteiger partial charge in [0.15, 0.2) is 0 Å². The number of carbonyl (C=O) groups excluding carboxylic acids is 1. The molecule has 7 nitrogen and oxygen atoms in total. The third-order valence-electron chi connectivity index (χ3n) is 4.99. The topological polar surface area (TPSA) is 88.6 Å². The lowest BCUT2D eigenvalue weighted by atomic mass is 10.2. The molecular formula is C21H23N3O4S2. The quantitative estimate of drug-likeness (QED) is 0.604. The van der Waals surface area contributed by atoms with Crippen LogP contribution in [0.3, 0.4) is 0 Å². The van der Waals surface area contributed by atoms with Gasteiger partial charge in [-0.15, -0.1) is 11.3 Å². The van der Waals surface area contributed by atoms with Gasteiger partial charge in [-0.2, -0.15) is 0 Å². The summed E-state index contributed by atoms with van der Waals surface area (Å²) >= 11 is 1.56. The number of sulfonamides is 1. The minimum absolute atomic E-state index is 0.0724. The molecule has 1 saturated heterocycles. The van der Waals surface area contributed by atoms with E-state index in [1.807, 2.05) is 24.3 Å². The van der Waals surface area contributed by atoms with Crippen molar-refractivity contribution in [2.75, 3.05) is 20.2 Å².